The van der Waals surface area contributed by atoms with Gasteiger partial charge >= 0.3 is 5.97 Å². The smallest absolute Gasteiger partial charge is 0.337 e. The molecule has 6 heteroatoms. The second kappa shape index (κ2) is 5.40. The third kappa shape index (κ3) is 2.94. The number of hydrogen-bond acceptors (Lipinski definition) is 3. The second-order valence-corrected chi connectivity index (χ2v) is 5.06. The molecule has 0 spiro atoms. The molecule has 2 rings (SSSR count). The van der Waals surface area contributed by atoms with Crippen molar-refractivity contribution in [3.8, 4) is 0 Å². The minimum atomic E-state index is -1.07. The van der Waals surface area contributed by atoms with Crippen LogP contribution < -0.4 is 5.32 Å². The fraction of sp³-hybridized carbons (Fsp3) is 0.267. The van der Waals surface area contributed by atoms with Crippen molar-refractivity contribution in [2.24, 2.45) is 7.05 Å². The lowest BCUT2D eigenvalue weighted by Gasteiger charge is -2.12. The third-order valence-corrected chi connectivity index (χ3v) is 3.18. The highest BCUT2D eigenvalue weighted by Gasteiger charge is 2.18. The van der Waals surface area contributed by atoms with Gasteiger partial charge in [0.05, 0.1) is 16.9 Å². The van der Waals surface area contributed by atoms with Crippen LogP contribution in [0.3, 0.4) is 0 Å². The zero-order valence-electron chi connectivity index (χ0n) is 12.4. The number of carbonyl (C=O) groups is 2. The number of hydrogen-bond donors (Lipinski definition) is 2. The van der Waals surface area contributed by atoms with E-state index in [1.165, 1.54) is 4.68 Å². The summed E-state index contributed by atoms with van der Waals surface area (Å²) in [7, 11) is 1.67. The van der Waals surface area contributed by atoms with Crippen LogP contribution in [0.5, 0.6) is 0 Å². The number of carboxylic acids is 1. The maximum absolute atomic E-state index is 12.3. The number of anilines is 1. The lowest BCUT2D eigenvalue weighted by Crippen LogP contribution is -2.19. The van der Waals surface area contributed by atoms with Crippen LogP contribution in [0.2, 0.25) is 0 Å². The lowest BCUT2D eigenvalue weighted by atomic mass is 10.0. The molecule has 0 aliphatic carbocycles. The first-order chi connectivity index (χ1) is 9.79. The Balaban J connectivity index is 2.42. The summed E-state index contributed by atoms with van der Waals surface area (Å²) in [4.78, 5) is 23.6. The number of aromatic carboxylic acids is 1. The summed E-state index contributed by atoms with van der Waals surface area (Å²) in [6.07, 6.45) is 0. The van der Waals surface area contributed by atoms with Gasteiger partial charge in [0, 0.05) is 7.05 Å². The molecular formula is C15H17N3O3. The average Bonchev–Trinajstić information content (AvgIpc) is 2.71. The summed E-state index contributed by atoms with van der Waals surface area (Å²) < 4.78 is 1.47. The van der Waals surface area contributed by atoms with E-state index in [4.69, 9.17) is 0 Å². The van der Waals surface area contributed by atoms with Crippen LogP contribution in [-0.4, -0.2) is 26.8 Å². The Morgan fingerprint density at radius 2 is 1.86 bits per heavy atom. The van der Waals surface area contributed by atoms with E-state index in [-0.39, 0.29) is 11.5 Å². The van der Waals surface area contributed by atoms with Gasteiger partial charge in [0.25, 0.3) is 5.91 Å². The van der Waals surface area contributed by atoms with Crippen molar-refractivity contribution in [2.45, 2.75) is 20.8 Å². The maximum Gasteiger partial charge on any atom is 0.337 e. The van der Waals surface area contributed by atoms with Gasteiger partial charge in [-0.1, -0.05) is 6.07 Å². The van der Waals surface area contributed by atoms with Gasteiger partial charge < -0.3 is 10.4 Å². The van der Waals surface area contributed by atoms with Gasteiger partial charge in [-0.05, 0) is 44.0 Å². The first-order valence-corrected chi connectivity index (χ1v) is 6.46. The molecular weight excluding hydrogens is 270 g/mol. The number of rotatable bonds is 3. The quantitative estimate of drug-likeness (QED) is 0.907. The Morgan fingerprint density at radius 3 is 2.38 bits per heavy atom. The van der Waals surface area contributed by atoms with E-state index in [9.17, 15) is 14.7 Å². The number of carbonyl (C=O) groups excluding carboxylic acids is 1. The van der Waals surface area contributed by atoms with E-state index < -0.39 is 5.97 Å². The molecule has 1 heterocycles. The number of amides is 1. The Labute approximate surface area is 122 Å². The molecule has 0 radical (unpaired) electrons. The standard InChI is InChI=1S/C15H17N3O3/c1-8-5-9(2)13(11(6-8)15(20)21)16-14(19)12-7-10(3)17-18(12)4/h5-7H,1-4H3,(H,16,19)(H,20,21). The van der Waals surface area contributed by atoms with Gasteiger partial charge in [-0.25, -0.2) is 4.79 Å². The second-order valence-electron chi connectivity index (χ2n) is 5.06. The van der Waals surface area contributed by atoms with E-state index in [0.717, 1.165) is 11.3 Å². The van der Waals surface area contributed by atoms with Gasteiger partial charge in [-0.15, -0.1) is 0 Å². The molecule has 21 heavy (non-hydrogen) atoms. The minimum absolute atomic E-state index is 0.0831. The zero-order valence-corrected chi connectivity index (χ0v) is 12.4. The van der Waals surface area contributed by atoms with E-state index in [1.54, 1.807) is 33.0 Å². The number of aryl methyl sites for hydroxylation is 4. The number of nitrogens with zero attached hydrogens (tertiary/aromatic N) is 2. The van der Waals surface area contributed by atoms with Crippen LogP contribution in [0.15, 0.2) is 18.2 Å². The van der Waals surface area contributed by atoms with E-state index in [1.807, 2.05) is 13.0 Å². The summed E-state index contributed by atoms with van der Waals surface area (Å²) in [5, 5.41) is 16.1. The fourth-order valence-electron chi connectivity index (χ4n) is 2.30. The predicted octanol–water partition coefficient (Wildman–Crippen LogP) is 2.30. The topological polar surface area (TPSA) is 84.2 Å². The summed E-state index contributed by atoms with van der Waals surface area (Å²) in [5.74, 6) is -1.45. The lowest BCUT2D eigenvalue weighted by molar-refractivity contribution is 0.0698. The van der Waals surface area contributed by atoms with Crippen molar-refractivity contribution in [1.29, 1.82) is 0 Å². The molecule has 0 saturated carbocycles. The Morgan fingerprint density at radius 1 is 1.19 bits per heavy atom. The van der Waals surface area contributed by atoms with Crippen LogP contribution in [0, 0.1) is 20.8 Å². The summed E-state index contributed by atoms with van der Waals surface area (Å²) in [5.41, 5.74) is 3.04. The van der Waals surface area contributed by atoms with Crippen molar-refractivity contribution in [2.75, 3.05) is 5.32 Å². The van der Waals surface area contributed by atoms with Gasteiger partial charge in [-0.3, -0.25) is 9.48 Å². The molecule has 0 fully saturated rings. The molecule has 2 N–H and O–H groups in total. The van der Waals surface area contributed by atoms with Crippen molar-refractivity contribution in [3.05, 3.63) is 46.3 Å². The van der Waals surface area contributed by atoms with Gasteiger partial charge in [0.15, 0.2) is 0 Å². The normalized spacial score (nSPS) is 10.5. The highest BCUT2D eigenvalue weighted by molar-refractivity contribution is 6.07. The van der Waals surface area contributed by atoms with Crippen LogP contribution >= 0.6 is 0 Å². The molecule has 2 aromatic rings. The van der Waals surface area contributed by atoms with E-state index >= 15 is 0 Å². The maximum atomic E-state index is 12.3. The Kier molecular flexibility index (Phi) is 3.80. The van der Waals surface area contributed by atoms with Crippen molar-refractivity contribution >= 4 is 17.6 Å². The van der Waals surface area contributed by atoms with Crippen LogP contribution in [0.25, 0.3) is 0 Å². The number of aromatic nitrogens is 2. The molecule has 0 aliphatic rings. The highest BCUT2D eigenvalue weighted by Crippen LogP contribution is 2.23. The number of benzene rings is 1. The molecule has 1 amide bonds. The first-order valence-electron chi connectivity index (χ1n) is 6.46. The van der Waals surface area contributed by atoms with Crippen LogP contribution in [-0.2, 0) is 7.05 Å². The summed E-state index contributed by atoms with van der Waals surface area (Å²) >= 11 is 0. The fourth-order valence-corrected chi connectivity index (χ4v) is 2.30. The molecule has 1 aromatic heterocycles. The summed E-state index contributed by atoms with van der Waals surface area (Å²) in [6, 6.07) is 5.02. The molecule has 0 aliphatic heterocycles. The molecule has 6 nitrogen and oxygen atoms in total. The highest BCUT2D eigenvalue weighted by atomic mass is 16.4. The van der Waals surface area contributed by atoms with Gasteiger partial charge in [0.1, 0.15) is 5.69 Å². The molecule has 0 saturated heterocycles. The molecule has 0 bridgehead atoms. The number of carboxylic acid groups (broad SMARTS) is 1. The van der Waals surface area contributed by atoms with Crippen LogP contribution in [0.4, 0.5) is 5.69 Å². The summed E-state index contributed by atoms with van der Waals surface area (Å²) in [6.45, 7) is 5.37. The molecule has 110 valence electrons. The predicted molar refractivity (Wildman–Crippen MR) is 78.8 cm³/mol. The minimum Gasteiger partial charge on any atom is -0.478 e. The largest absolute Gasteiger partial charge is 0.478 e. The van der Waals surface area contributed by atoms with Crippen molar-refractivity contribution < 1.29 is 14.7 Å². The number of nitrogens with one attached hydrogen (secondary N) is 1. The Hall–Kier alpha value is -2.63. The average molecular weight is 287 g/mol. The zero-order chi connectivity index (χ0) is 15.7. The van der Waals surface area contributed by atoms with Crippen molar-refractivity contribution in [3.63, 3.8) is 0 Å². The third-order valence-electron chi connectivity index (χ3n) is 3.18. The first kappa shape index (κ1) is 14.8. The SMILES string of the molecule is Cc1cc(C)c(NC(=O)c2cc(C)nn2C)c(C(=O)O)c1. The van der Waals surface area contributed by atoms with Crippen molar-refractivity contribution in [1.82, 2.24) is 9.78 Å². The van der Waals surface area contributed by atoms with E-state index in [0.29, 0.717) is 16.9 Å². The van der Waals surface area contributed by atoms with Gasteiger partial charge in [-0.2, -0.15) is 5.10 Å². The molecule has 1 aromatic carbocycles. The van der Waals surface area contributed by atoms with Gasteiger partial charge in [0.2, 0.25) is 0 Å². The Bertz CT molecular complexity index is 732. The molecule has 0 atom stereocenters. The molecule has 0 unspecified atom stereocenters. The van der Waals surface area contributed by atoms with Crippen LogP contribution in [0.1, 0.15) is 37.7 Å². The van der Waals surface area contributed by atoms with E-state index in [2.05, 4.69) is 10.4 Å². The monoisotopic (exact) mass is 287 g/mol.